The first-order valence-corrected chi connectivity index (χ1v) is 6.46. The molecule has 2 nitrogen and oxygen atoms in total. The molecule has 1 aromatic heterocycles. The minimum Gasteiger partial charge on any atom is -0.359 e. The third-order valence-electron chi connectivity index (χ3n) is 3.36. The molecule has 0 aliphatic heterocycles. The molecule has 0 unspecified atom stereocenters. The van der Waals surface area contributed by atoms with Crippen LogP contribution in [0.5, 0.6) is 0 Å². The molecule has 0 atom stereocenters. The Morgan fingerprint density at radius 3 is 2.69 bits per heavy atom. The molecule has 1 aliphatic rings. The molecule has 1 aromatic rings. The van der Waals surface area contributed by atoms with Gasteiger partial charge in [-0.25, -0.2) is 4.98 Å². The Morgan fingerprint density at radius 2 is 2.06 bits per heavy atom. The van der Waals surface area contributed by atoms with Crippen molar-refractivity contribution in [3.63, 3.8) is 0 Å². The van der Waals surface area contributed by atoms with Crippen LogP contribution in [-0.4, -0.2) is 18.6 Å². The molecule has 3 heteroatoms. The molecule has 0 amide bonds. The summed E-state index contributed by atoms with van der Waals surface area (Å²) in [5.74, 6) is 1.87. The standard InChI is InChI=1S/C13H19ClN2/c1-16(10-11-5-3-2-4-6-11)13-8-7-12(14)9-15-13/h7-9,11H,2-6,10H2,1H3. The summed E-state index contributed by atoms with van der Waals surface area (Å²) in [4.78, 5) is 6.58. The molecular formula is C13H19ClN2. The highest BCUT2D eigenvalue weighted by Crippen LogP contribution is 2.25. The lowest BCUT2D eigenvalue weighted by Gasteiger charge is -2.27. The second kappa shape index (κ2) is 5.53. The van der Waals surface area contributed by atoms with E-state index in [4.69, 9.17) is 11.6 Å². The summed E-state index contributed by atoms with van der Waals surface area (Å²) < 4.78 is 0. The molecule has 1 fully saturated rings. The van der Waals surface area contributed by atoms with Gasteiger partial charge >= 0.3 is 0 Å². The van der Waals surface area contributed by atoms with Gasteiger partial charge in [0.25, 0.3) is 0 Å². The van der Waals surface area contributed by atoms with Crippen LogP contribution < -0.4 is 4.90 Å². The molecule has 1 saturated carbocycles. The van der Waals surface area contributed by atoms with E-state index in [1.807, 2.05) is 12.1 Å². The van der Waals surface area contributed by atoms with Crippen LogP contribution in [0.2, 0.25) is 5.02 Å². The molecule has 0 aromatic carbocycles. The second-order valence-corrected chi connectivity index (χ2v) is 5.16. The van der Waals surface area contributed by atoms with Crippen molar-refractivity contribution in [2.45, 2.75) is 32.1 Å². The maximum absolute atomic E-state index is 5.83. The highest BCUT2D eigenvalue weighted by molar-refractivity contribution is 6.30. The highest BCUT2D eigenvalue weighted by Gasteiger charge is 2.15. The van der Waals surface area contributed by atoms with Crippen LogP contribution in [0.1, 0.15) is 32.1 Å². The van der Waals surface area contributed by atoms with Gasteiger partial charge < -0.3 is 4.90 Å². The molecule has 0 N–H and O–H groups in total. The quantitative estimate of drug-likeness (QED) is 0.797. The third kappa shape index (κ3) is 3.11. The molecule has 88 valence electrons. The van der Waals surface area contributed by atoms with Crippen LogP contribution >= 0.6 is 11.6 Å². The van der Waals surface area contributed by atoms with Crippen molar-refractivity contribution in [3.8, 4) is 0 Å². The monoisotopic (exact) mass is 238 g/mol. The molecule has 0 bridgehead atoms. The topological polar surface area (TPSA) is 16.1 Å². The van der Waals surface area contributed by atoms with Crippen molar-refractivity contribution in [1.82, 2.24) is 4.98 Å². The summed E-state index contributed by atoms with van der Waals surface area (Å²) in [5, 5.41) is 0.704. The van der Waals surface area contributed by atoms with Crippen LogP contribution in [0.3, 0.4) is 0 Å². The van der Waals surface area contributed by atoms with Gasteiger partial charge in [0, 0.05) is 19.8 Å². The summed E-state index contributed by atoms with van der Waals surface area (Å²) in [5.41, 5.74) is 0. The van der Waals surface area contributed by atoms with Gasteiger partial charge in [0.2, 0.25) is 0 Å². The van der Waals surface area contributed by atoms with Gasteiger partial charge in [0.1, 0.15) is 5.82 Å². The van der Waals surface area contributed by atoms with Crippen LogP contribution in [0.25, 0.3) is 0 Å². The van der Waals surface area contributed by atoms with Gasteiger partial charge in [-0.1, -0.05) is 30.9 Å². The van der Waals surface area contributed by atoms with E-state index in [2.05, 4.69) is 16.9 Å². The molecule has 1 heterocycles. The number of rotatable bonds is 3. The first kappa shape index (κ1) is 11.7. The van der Waals surface area contributed by atoms with Crippen molar-refractivity contribution in [2.75, 3.05) is 18.5 Å². The number of anilines is 1. The lowest BCUT2D eigenvalue weighted by molar-refractivity contribution is 0.361. The molecule has 16 heavy (non-hydrogen) atoms. The second-order valence-electron chi connectivity index (χ2n) is 4.72. The minimum absolute atomic E-state index is 0.704. The number of aromatic nitrogens is 1. The molecule has 0 spiro atoms. The average Bonchev–Trinajstić information content (AvgIpc) is 2.31. The fourth-order valence-corrected chi connectivity index (χ4v) is 2.56. The molecule has 1 aliphatic carbocycles. The predicted octanol–water partition coefficient (Wildman–Crippen LogP) is 3.75. The Balaban J connectivity index is 1.91. The van der Waals surface area contributed by atoms with Crippen molar-refractivity contribution in [1.29, 1.82) is 0 Å². The Hall–Kier alpha value is -0.760. The van der Waals surface area contributed by atoms with Gasteiger partial charge in [0.15, 0.2) is 0 Å². The van der Waals surface area contributed by atoms with Gasteiger partial charge in [-0.05, 0) is 30.9 Å². The van der Waals surface area contributed by atoms with Crippen LogP contribution in [0, 0.1) is 5.92 Å². The van der Waals surface area contributed by atoms with Crippen LogP contribution in [0.4, 0.5) is 5.82 Å². The first-order valence-electron chi connectivity index (χ1n) is 6.08. The Morgan fingerprint density at radius 1 is 1.31 bits per heavy atom. The van der Waals surface area contributed by atoms with E-state index in [0.717, 1.165) is 18.3 Å². The first-order chi connectivity index (χ1) is 7.75. The molecule has 0 saturated heterocycles. The van der Waals surface area contributed by atoms with Gasteiger partial charge in [-0.3, -0.25) is 0 Å². The average molecular weight is 239 g/mol. The summed E-state index contributed by atoms with van der Waals surface area (Å²) >= 11 is 5.83. The third-order valence-corrected chi connectivity index (χ3v) is 3.58. The van der Waals surface area contributed by atoms with E-state index < -0.39 is 0 Å². The highest BCUT2D eigenvalue weighted by atomic mass is 35.5. The van der Waals surface area contributed by atoms with E-state index in [1.54, 1.807) is 6.20 Å². The summed E-state index contributed by atoms with van der Waals surface area (Å²) in [6.07, 6.45) is 8.67. The fourth-order valence-electron chi connectivity index (χ4n) is 2.44. The lowest BCUT2D eigenvalue weighted by atomic mass is 9.89. The van der Waals surface area contributed by atoms with Crippen molar-refractivity contribution >= 4 is 17.4 Å². The summed E-state index contributed by atoms with van der Waals surface area (Å²) in [7, 11) is 2.12. The van der Waals surface area contributed by atoms with Gasteiger partial charge in [0.05, 0.1) is 5.02 Å². The fraction of sp³-hybridized carbons (Fsp3) is 0.615. The minimum atomic E-state index is 0.704. The number of hydrogen-bond donors (Lipinski definition) is 0. The van der Waals surface area contributed by atoms with Crippen LogP contribution in [-0.2, 0) is 0 Å². The zero-order valence-corrected chi connectivity index (χ0v) is 10.6. The molecular weight excluding hydrogens is 220 g/mol. The SMILES string of the molecule is CN(CC1CCCCC1)c1ccc(Cl)cn1. The maximum Gasteiger partial charge on any atom is 0.128 e. The largest absolute Gasteiger partial charge is 0.359 e. The van der Waals surface area contributed by atoms with E-state index >= 15 is 0 Å². The number of pyridine rings is 1. The van der Waals surface area contributed by atoms with Crippen molar-refractivity contribution in [2.24, 2.45) is 5.92 Å². The smallest absolute Gasteiger partial charge is 0.128 e. The maximum atomic E-state index is 5.83. The van der Waals surface area contributed by atoms with Gasteiger partial charge in [-0.15, -0.1) is 0 Å². The number of halogens is 1. The zero-order chi connectivity index (χ0) is 11.4. The van der Waals surface area contributed by atoms with Gasteiger partial charge in [-0.2, -0.15) is 0 Å². The summed E-state index contributed by atoms with van der Waals surface area (Å²) in [6.45, 7) is 1.12. The number of hydrogen-bond acceptors (Lipinski definition) is 2. The van der Waals surface area contributed by atoms with Crippen LogP contribution in [0.15, 0.2) is 18.3 Å². The van der Waals surface area contributed by atoms with Crippen molar-refractivity contribution in [3.05, 3.63) is 23.4 Å². The van der Waals surface area contributed by atoms with E-state index in [1.165, 1.54) is 32.1 Å². The lowest BCUT2D eigenvalue weighted by Crippen LogP contribution is -2.27. The Labute approximate surface area is 103 Å². The summed E-state index contributed by atoms with van der Waals surface area (Å²) in [6, 6.07) is 3.90. The van der Waals surface area contributed by atoms with Crippen molar-refractivity contribution < 1.29 is 0 Å². The Kier molecular flexibility index (Phi) is 4.05. The van der Waals surface area contributed by atoms with E-state index in [-0.39, 0.29) is 0 Å². The zero-order valence-electron chi connectivity index (χ0n) is 9.82. The number of nitrogens with zero attached hydrogens (tertiary/aromatic N) is 2. The molecule has 0 radical (unpaired) electrons. The van der Waals surface area contributed by atoms with E-state index in [9.17, 15) is 0 Å². The van der Waals surface area contributed by atoms with E-state index in [0.29, 0.717) is 5.02 Å². The Bertz CT molecular complexity index is 317. The molecule has 2 rings (SSSR count). The predicted molar refractivity (Wildman–Crippen MR) is 69.1 cm³/mol. The normalized spacial score (nSPS) is 17.4.